The van der Waals surface area contributed by atoms with Crippen LogP contribution in [0.2, 0.25) is 10.0 Å². The van der Waals surface area contributed by atoms with Crippen LogP contribution in [0.15, 0.2) is 47.4 Å². The molecule has 4 rings (SSSR count). The third-order valence-electron chi connectivity index (χ3n) is 6.32. The summed E-state index contributed by atoms with van der Waals surface area (Å²) in [5.74, 6) is -3.28. The molecular weight excluding hydrogens is 564 g/mol. The van der Waals surface area contributed by atoms with Crippen molar-refractivity contribution >= 4 is 51.0 Å². The number of ether oxygens (including phenoxy) is 1. The van der Waals surface area contributed by atoms with Crippen molar-refractivity contribution in [3.63, 3.8) is 0 Å². The number of hydrogen-bond acceptors (Lipinski definition) is 6. The van der Waals surface area contributed by atoms with Crippen molar-refractivity contribution in [2.75, 3.05) is 19.7 Å². The molecule has 2 aliphatic rings. The second kappa shape index (κ2) is 11.5. The lowest BCUT2D eigenvalue weighted by Crippen LogP contribution is -2.55. The highest BCUT2D eigenvalue weighted by atomic mass is 35.5. The van der Waals surface area contributed by atoms with E-state index >= 15 is 0 Å². The second-order valence-electron chi connectivity index (χ2n) is 8.81. The zero-order valence-electron chi connectivity index (χ0n) is 19.8. The third kappa shape index (κ3) is 5.94. The molecule has 0 radical (unpaired) electrons. The van der Waals surface area contributed by atoms with E-state index < -0.39 is 58.4 Å². The van der Waals surface area contributed by atoms with Crippen molar-refractivity contribution in [1.29, 1.82) is 0 Å². The minimum atomic E-state index is -4.36. The summed E-state index contributed by atoms with van der Waals surface area (Å²) in [7, 11) is -4.36. The molecule has 38 heavy (non-hydrogen) atoms. The van der Waals surface area contributed by atoms with E-state index in [1.807, 2.05) is 0 Å². The predicted molar refractivity (Wildman–Crippen MR) is 134 cm³/mol. The van der Waals surface area contributed by atoms with Gasteiger partial charge in [0, 0.05) is 19.7 Å². The van der Waals surface area contributed by atoms with Crippen LogP contribution in [0.1, 0.15) is 30.9 Å². The van der Waals surface area contributed by atoms with Gasteiger partial charge in [-0.2, -0.15) is 4.31 Å². The summed E-state index contributed by atoms with van der Waals surface area (Å²) in [6.07, 6.45) is -1.98. The topological polar surface area (TPSA) is 133 Å². The Morgan fingerprint density at radius 1 is 1.11 bits per heavy atom. The predicted octanol–water partition coefficient (Wildman–Crippen LogP) is 2.80. The van der Waals surface area contributed by atoms with Crippen LogP contribution in [0, 0.1) is 5.82 Å². The van der Waals surface area contributed by atoms with E-state index in [-0.39, 0.29) is 33.6 Å². The summed E-state index contributed by atoms with van der Waals surface area (Å²) < 4.78 is 47.0. The highest BCUT2D eigenvalue weighted by Crippen LogP contribution is 2.31. The van der Waals surface area contributed by atoms with Crippen LogP contribution in [0.5, 0.6) is 0 Å². The normalized spacial score (nSPS) is 20.9. The Hall–Kier alpha value is -2.77. The van der Waals surface area contributed by atoms with Crippen LogP contribution in [0.3, 0.4) is 0 Å². The first kappa shape index (κ1) is 28.2. The minimum absolute atomic E-state index is 0.0157. The standard InChI is InChI=1S/C24H24Cl2FN3O7S/c25-17-8-7-16(12-18(17)26)38(35,36)30-10-9-29(24(34)20-2-1-11-37-20)23(30)22(33)28-19(13-21(31)32)14-3-5-15(27)6-4-14/h3-8,12,19-20,23H,1-2,9-11,13H2,(H,28,33)(H,31,32). The molecule has 2 fully saturated rings. The minimum Gasteiger partial charge on any atom is -0.481 e. The van der Waals surface area contributed by atoms with Gasteiger partial charge in [0.2, 0.25) is 10.0 Å². The van der Waals surface area contributed by atoms with Crippen LogP contribution >= 0.6 is 23.2 Å². The molecule has 0 aromatic heterocycles. The molecule has 0 saturated carbocycles. The lowest BCUT2D eigenvalue weighted by Gasteiger charge is -2.31. The van der Waals surface area contributed by atoms with Gasteiger partial charge >= 0.3 is 5.97 Å². The van der Waals surface area contributed by atoms with Crippen LogP contribution in [-0.2, 0) is 29.1 Å². The Morgan fingerprint density at radius 2 is 1.82 bits per heavy atom. The Kier molecular flexibility index (Phi) is 8.58. The summed E-state index contributed by atoms with van der Waals surface area (Å²) in [6, 6.07) is 7.40. The summed E-state index contributed by atoms with van der Waals surface area (Å²) in [6.45, 7) is 0.0500. The quantitative estimate of drug-likeness (QED) is 0.485. The molecule has 2 aromatic carbocycles. The molecule has 2 amide bonds. The fourth-order valence-corrected chi connectivity index (χ4v) is 6.39. The van der Waals surface area contributed by atoms with E-state index in [0.717, 1.165) is 27.4 Å². The first-order valence-electron chi connectivity index (χ1n) is 11.7. The highest BCUT2D eigenvalue weighted by Gasteiger charge is 2.48. The maximum Gasteiger partial charge on any atom is 0.305 e. The first-order valence-corrected chi connectivity index (χ1v) is 13.8. The van der Waals surface area contributed by atoms with E-state index in [1.54, 1.807) is 0 Å². The molecule has 14 heteroatoms. The number of nitrogens with zero attached hydrogens (tertiary/aromatic N) is 2. The molecule has 204 valence electrons. The molecular formula is C24H24Cl2FN3O7S. The second-order valence-corrected chi connectivity index (χ2v) is 11.5. The smallest absolute Gasteiger partial charge is 0.305 e. The van der Waals surface area contributed by atoms with Gasteiger partial charge in [0.25, 0.3) is 11.8 Å². The summed E-state index contributed by atoms with van der Waals surface area (Å²) >= 11 is 12.0. The van der Waals surface area contributed by atoms with Crippen molar-refractivity contribution in [2.45, 2.75) is 42.5 Å². The summed E-state index contributed by atoms with van der Waals surface area (Å²) in [5.41, 5.74) is 0.288. The van der Waals surface area contributed by atoms with Crippen molar-refractivity contribution in [3.8, 4) is 0 Å². The lowest BCUT2D eigenvalue weighted by molar-refractivity contribution is -0.148. The number of sulfonamides is 1. The third-order valence-corrected chi connectivity index (χ3v) is 8.91. The van der Waals surface area contributed by atoms with Gasteiger partial charge in [-0.05, 0) is 48.7 Å². The molecule has 0 spiro atoms. The number of aliphatic carboxylic acids is 1. The maximum atomic E-state index is 13.7. The van der Waals surface area contributed by atoms with Crippen LogP contribution in [0.25, 0.3) is 0 Å². The number of carboxylic acid groups (broad SMARTS) is 1. The van der Waals surface area contributed by atoms with Gasteiger partial charge in [0.05, 0.1) is 27.4 Å². The maximum absolute atomic E-state index is 13.7. The lowest BCUT2D eigenvalue weighted by atomic mass is 10.0. The number of carbonyl (C=O) groups excluding carboxylic acids is 2. The summed E-state index contributed by atoms with van der Waals surface area (Å²) in [4.78, 5) is 39.3. The SMILES string of the molecule is O=C(O)CC(NC(=O)C1N(C(=O)C2CCCO2)CCN1S(=O)(=O)c1ccc(Cl)c(Cl)c1)c1ccc(F)cc1. The van der Waals surface area contributed by atoms with Gasteiger partial charge in [-0.1, -0.05) is 35.3 Å². The number of rotatable bonds is 8. The van der Waals surface area contributed by atoms with Crippen molar-refractivity contribution < 1.29 is 37.0 Å². The molecule has 2 aromatic rings. The molecule has 10 nitrogen and oxygen atoms in total. The van der Waals surface area contributed by atoms with E-state index in [1.165, 1.54) is 24.3 Å². The zero-order chi connectivity index (χ0) is 27.6. The molecule has 3 unspecified atom stereocenters. The monoisotopic (exact) mass is 587 g/mol. The molecule has 3 atom stereocenters. The zero-order valence-corrected chi connectivity index (χ0v) is 22.2. The van der Waals surface area contributed by atoms with E-state index in [9.17, 15) is 32.3 Å². The van der Waals surface area contributed by atoms with Gasteiger partial charge in [-0.15, -0.1) is 0 Å². The average molecular weight is 588 g/mol. The molecule has 2 N–H and O–H groups in total. The fraction of sp³-hybridized carbons (Fsp3) is 0.375. The van der Waals surface area contributed by atoms with E-state index in [0.29, 0.717) is 19.4 Å². The Morgan fingerprint density at radius 3 is 2.42 bits per heavy atom. The number of halogens is 3. The van der Waals surface area contributed by atoms with Gasteiger partial charge in [-0.3, -0.25) is 14.4 Å². The molecule has 0 bridgehead atoms. The van der Waals surface area contributed by atoms with Gasteiger partial charge in [-0.25, -0.2) is 12.8 Å². The number of carbonyl (C=O) groups is 3. The van der Waals surface area contributed by atoms with Crippen LogP contribution < -0.4 is 5.32 Å². The summed E-state index contributed by atoms with van der Waals surface area (Å²) in [5, 5.41) is 12.1. The highest BCUT2D eigenvalue weighted by molar-refractivity contribution is 7.89. The number of hydrogen-bond donors (Lipinski definition) is 2. The number of carboxylic acids is 1. The number of amides is 2. The van der Waals surface area contributed by atoms with E-state index in [4.69, 9.17) is 27.9 Å². The van der Waals surface area contributed by atoms with Crippen molar-refractivity contribution in [3.05, 3.63) is 63.9 Å². The number of nitrogens with one attached hydrogen (secondary N) is 1. The van der Waals surface area contributed by atoms with Gasteiger partial charge in [0.15, 0.2) is 6.17 Å². The molecule has 0 aliphatic carbocycles. The molecule has 2 heterocycles. The van der Waals surface area contributed by atoms with Gasteiger partial charge in [0.1, 0.15) is 11.9 Å². The number of benzene rings is 2. The van der Waals surface area contributed by atoms with Crippen molar-refractivity contribution in [2.24, 2.45) is 0 Å². The molecule has 2 aliphatic heterocycles. The Bertz CT molecular complexity index is 1340. The van der Waals surface area contributed by atoms with Gasteiger partial charge < -0.3 is 20.1 Å². The molecule has 2 saturated heterocycles. The Labute approximate surface area is 228 Å². The largest absolute Gasteiger partial charge is 0.481 e. The van der Waals surface area contributed by atoms with E-state index in [2.05, 4.69) is 5.32 Å². The van der Waals surface area contributed by atoms with Crippen LogP contribution in [0.4, 0.5) is 4.39 Å². The van der Waals surface area contributed by atoms with Crippen molar-refractivity contribution in [1.82, 2.24) is 14.5 Å². The first-order chi connectivity index (χ1) is 18.0. The average Bonchev–Trinajstić information content (AvgIpc) is 3.56. The Balaban J connectivity index is 1.70. The fourth-order valence-electron chi connectivity index (χ4n) is 4.46. The van der Waals surface area contributed by atoms with Crippen LogP contribution in [-0.4, -0.2) is 72.5 Å².